The number of primary amides is 1. The molecule has 10 heteroatoms. The third-order valence-corrected chi connectivity index (χ3v) is 6.37. The van der Waals surface area contributed by atoms with E-state index in [2.05, 4.69) is 0 Å². The Balaban J connectivity index is 1.56. The second kappa shape index (κ2) is 7.37. The normalized spacial score (nSPS) is 20.1. The third-order valence-electron chi connectivity index (χ3n) is 4.60. The molecule has 0 aromatic carbocycles. The Labute approximate surface area is 152 Å². The lowest BCUT2D eigenvalue weighted by Crippen LogP contribution is -2.52. The van der Waals surface area contributed by atoms with Crippen LogP contribution in [0, 0.1) is 5.92 Å². The summed E-state index contributed by atoms with van der Waals surface area (Å²) in [5.74, 6) is -0.594. The SMILES string of the molecule is CC(OCC1CC1)C(=O)N1CCN(S(=O)(=O)c2ccc(C(N)=O)o2)CC1. The number of hydrogen-bond donors (Lipinski definition) is 1. The second-order valence-corrected chi connectivity index (χ2v) is 8.50. The van der Waals surface area contributed by atoms with Crippen LogP contribution in [0.15, 0.2) is 21.6 Å². The van der Waals surface area contributed by atoms with Crippen LogP contribution in [0.25, 0.3) is 0 Å². The lowest BCUT2D eigenvalue weighted by Gasteiger charge is -2.34. The number of amides is 2. The number of sulfonamides is 1. The molecule has 1 aromatic heterocycles. The molecular weight excluding hydrogens is 362 g/mol. The van der Waals surface area contributed by atoms with Gasteiger partial charge in [-0.3, -0.25) is 9.59 Å². The lowest BCUT2D eigenvalue weighted by molar-refractivity contribution is -0.144. The van der Waals surface area contributed by atoms with Gasteiger partial charge in [-0.1, -0.05) is 0 Å². The van der Waals surface area contributed by atoms with Gasteiger partial charge in [-0.05, 0) is 37.8 Å². The number of furan rings is 1. The van der Waals surface area contributed by atoms with Crippen molar-refractivity contribution in [1.82, 2.24) is 9.21 Å². The fraction of sp³-hybridized carbons (Fsp3) is 0.625. The van der Waals surface area contributed by atoms with Crippen molar-refractivity contribution in [1.29, 1.82) is 0 Å². The van der Waals surface area contributed by atoms with Crippen molar-refractivity contribution in [2.75, 3.05) is 32.8 Å². The van der Waals surface area contributed by atoms with Gasteiger partial charge in [-0.2, -0.15) is 4.31 Å². The number of nitrogens with two attached hydrogens (primary N) is 1. The standard InChI is InChI=1S/C16H23N3O6S/c1-11(24-10-12-2-3-12)16(21)18-6-8-19(9-7-18)26(22,23)14-5-4-13(25-14)15(17)20/h4-5,11-12H,2-3,6-10H2,1H3,(H2,17,20). The molecule has 3 rings (SSSR count). The van der Waals surface area contributed by atoms with Crippen LogP contribution in [0.1, 0.15) is 30.3 Å². The van der Waals surface area contributed by atoms with Crippen LogP contribution in [0.2, 0.25) is 0 Å². The van der Waals surface area contributed by atoms with E-state index in [1.807, 2.05) is 0 Å². The first-order valence-corrected chi connectivity index (χ1v) is 10.0. The van der Waals surface area contributed by atoms with Crippen molar-refractivity contribution in [3.63, 3.8) is 0 Å². The highest BCUT2D eigenvalue weighted by Crippen LogP contribution is 2.29. The summed E-state index contributed by atoms with van der Waals surface area (Å²) in [5.41, 5.74) is 5.08. The fourth-order valence-corrected chi connectivity index (χ4v) is 4.09. The summed E-state index contributed by atoms with van der Waals surface area (Å²) in [6.45, 7) is 3.17. The van der Waals surface area contributed by atoms with Crippen LogP contribution in [-0.4, -0.2) is 68.3 Å². The van der Waals surface area contributed by atoms with Crippen LogP contribution in [0.3, 0.4) is 0 Å². The van der Waals surface area contributed by atoms with E-state index in [0.717, 1.165) is 12.8 Å². The van der Waals surface area contributed by atoms with Crippen LogP contribution in [0.5, 0.6) is 0 Å². The number of piperazine rings is 1. The van der Waals surface area contributed by atoms with Crippen molar-refractivity contribution in [2.45, 2.75) is 31.0 Å². The molecule has 2 N–H and O–H groups in total. The van der Waals surface area contributed by atoms with Crippen LogP contribution < -0.4 is 5.73 Å². The summed E-state index contributed by atoms with van der Waals surface area (Å²) in [6, 6.07) is 2.44. The Bertz CT molecular complexity index is 778. The highest BCUT2D eigenvalue weighted by molar-refractivity contribution is 7.89. The first-order valence-electron chi connectivity index (χ1n) is 8.59. The lowest BCUT2D eigenvalue weighted by atomic mass is 10.3. The number of carbonyl (C=O) groups is 2. The molecule has 0 spiro atoms. The summed E-state index contributed by atoms with van der Waals surface area (Å²) < 4.78 is 37.0. The van der Waals surface area contributed by atoms with Crippen LogP contribution >= 0.6 is 0 Å². The molecule has 0 radical (unpaired) electrons. The molecule has 1 atom stereocenters. The highest BCUT2D eigenvalue weighted by Gasteiger charge is 2.34. The zero-order valence-electron chi connectivity index (χ0n) is 14.6. The number of hydrogen-bond acceptors (Lipinski definition) is 6. The molecule has 1 aliphatic carbocycles. The Kier molecular flexibility index (Phi) is 5.35. The number of ether oxygens (including phenoxy) is 1. The van der Waals surface area contributed by atoms with Gasteiger partial charge >= 0.3 is 0 Å². The zero-order valence-corrected chi connectivity index (χ0v) is 15.4. The number of rotatable bonds is 7. The van der Waals surface area contributed by atoms with Gasteiger partial charge in [0.15, 0.2) is 5.76 Å². The van der Waals surface area contributed by atoms with Crippen molar-refractivity contribution < 1.29 is 27.2 Å². The first-order chi connectivity index (χ1) is 12.3. The molecule has 0 bridgehead atoms. The van der Waals surface area contributed by atoms with E-state index in [0.29, 0.717) is 12.5 Å². The van der Waals surface area contributed by atoms with E-state index in [-0.39, 0.29) is 42.9 Å². The van der Waals surface area contributed by atoms with Crippen LogP contribution in [-0.2, 0) is 19.6 Å². The van der Waals surface area contributed by atoms with Gasteiger partial charge in [0.05, 0.1) is 6.61 Å². The molecule has 1 aromatic rings. The molecule has 1 aliphatic heterocycles. The summed E-state index contributed by atoms with van der Waals surface area (Å²) in [5, 5.41) is -0.327. The largest absolute Gasteiger partial charge is 0.438 e. The average molecular weight is 385 g/mol. The molecule has 2 fully saturated rings. The van der Waals surface area contributed by atoms with Gasteiger partial charge in [-0.15, -0.1) is 0 Å². The van der Waals surface area contributed by atoms with Crippen LogP contribution in [0.4, 0.5) is 0 Å². The summed E-state index contributed by atoms with van der Waals surface area (Å²) in [6.07, 6.45) is 1.78. The van der Waals surface area contributed by atoms with Crippen molar-refractivity contribution in [3.8, 4) is 0 Å². The molecule has 1 saturated heterocycles. The Hall–Kier alpha value is -1.91. The van der Waals surface area contributed by atoms with Gasteiger partial charge in [0.25, 0.3) is 21.8 Å². The maximum absolute atomic E-state index is 12.6. The molecule has 1 saturated carbocycles. The molecule has 9 nitrogen and oxygen atoms in total. The van der Waals surface area contributed by atoms with Crippen molar-refractivity contribution in [2.24, 2.45) is 11.7 Å². The predicted octanol–water partition coefficient (Wildman–Crippen LogP) is 0.0265. The molecule has 26 heavy (non-hydrogen) atoms. The maximum Gasteiger partial charge on any atom is 0.284 e. The number of nitrogens with zero attached hydrogens (tertiary/aromatic N) is 2. The minimum Gasteiger partial charge on any atom is -0.438 e. The molecule has 2 aliphatic rings. The molecule has 1 unspecified atom stereocenters. The summed E-state index contributed by atoms with van der Waals surface area (Å²) in [4.78, 5) is 25.1. The predicted molar refractivity (Wildman–Crippen MR) is 90.7 cm³/mol. The fourth-order valence-electron chi connectivity index (χ4n) is 2.76. The van der Waals surface area contributed by atoms with E-state index in [1.165, 1.54) is 16.4 Å². The minimum atomic E-state index is -3.87. The van der Waals surface area contributed by atoms with E-state index >= 15 is 0 Å². The smallest absolute Gasteiger partial charge is 0.284 e. The van der Waals surface area contributed by atoms with E-state index < -0.39 is 22.0 Å². The average Bonchev–Trinajstić information content (AvgIpc) is 3.31. The minimum absolute atomic E-state index is 0.128. The van der Waals surface area contributed by atoms with E-state index in [9.17, 15) is 18.0 Å². The topological polar surface area (TPSA) is 123 Å². The number of carbonyl (C=O) groups excluding carboxylic acids is 2. The van der Waals surface area contributed by atoms with E-state index in [1.54, 1.807) is 11.8 Å². The summed E-state index contributed by atoms with van der Waals surface area (Å²) in [7, 11) is -3.87. The van der Waals surface area contributed by atoms with Gasteiger partial charge in [-0.25, -0.2) is 8.42 Å². The first kappa shape index (κ1) is 18.9. The maximum atomic E-state index is 12.6. The molecule has 2 heterocycles. The highest BCUT2D eigenvalue weighted by atomic mass is 32.2. The Morgan fingerprint density at radius 1 is 1.27 bits per heavy atom. The van der Waals surface area contributed by atoms with Crippen molar-refractivity contribution >= 4 is 21.8 Å². The van der Waals surface area contributed by atoms with Gasteiger partial charge in [0.1, 0.15) is 6.10 Å². The Morgan fingerprint density at radius 3 is 2.46 bits per heavy atom. The van der Waals surface area contributed by atoms with E-state index in [4.69, 9.17) is 14.9 Å². The Morgan fingerprint density at radius 2 is 1.92 bits per heavy atom. The molecule has 2 amide bonds. The monoisotopic (exact) mass is 385 g/mol. The summed E-state index contributed by atoms with van der Waals surface area (Å²) >= 11 is 0. The van der Waals surface area contributed by atoms with Crippen molar-refractivity contribution in [3.05, 3.63) is 17.9 Å². The molecule has 144 valence electrons. The quantitative estimate of drug-likeness (QED) is 0.706. The van der Waals surface area contributed by atoms with Gasteiger partial charge in [0, 0.05) is 26.2 Å². The third kappa shape index (κ3) is 4.08. The van der Waals surface area contributed by atoms with Gasteiger partial charge in [0.2, 0.25) is 5.09 Å². The van der Waals surface area contributed by atoms with Gasteiger partial charge < -0.3 is 19.8 Å². The molecular formula is C16H23N3O6S. The second-order valence-electron chi connectivity index (χ2n) is 6.63. The zero-order chi connectivity index (χ0) is 18.9.